The minimum Gasteiger partial charge on any atom is -0.487 e. The smallest absolute Gasteiger partial charge is 0.407 e. The molecule has 3 aliphatic rings. The summed E-state index contributed by atoms with van der Waals surface area (Å²) in [5.41, 5.74) is 3.99. The number of nitrogens with zero attached hydrogens (tertiary/aromatic N) is 4. The quantitative estimate of drug-likeness (QED) is 0.671. The van der Waals surface area contributed by atoms with Crippen LogP contribution in [-0.4, -0.2) is 49.0 Å². The highest BCUT2D eigenvalue weighted by Crippen LogP contribution is 2.40. The molecule has 2 saturated heterocycles. The van der Waals surface area contributed by atoms with Crippen molar-refractivity contribution < 1.29 is 14.6 Å². The van der Waals surface area contributed by atoms with Crippen LogP contribution in [0.15, 0.2) is 48.8 Å². The van der Waals surface area contributed by atoms with Gasteiger partial charge in [0.15, 0.2) is 0 Å². The van der Waals surface area contributed by atoms with E-state index >= 15 is 0 Å². The predicted molar refractivity (Wildman–Crippen MR) is 114 cm³/mol. The van der Waals surface area contributed by atoms with E-state index in [-0.39, 0.29) is 18.1 Å². The second-order valence-electron chi connectivity index (χ2n) is 8.50. The van der Waals surface area contributed by atoms with Gasteiger partial charge < -0.3 is 20.1 Å². The molecule has 3 atom stereocenters. The molecule has 8 nitrogen and oxygen atoms in total. The van der Waals surface area contributed by atoms with Crippen LogP contribution in [0.1, 0.15) is 31.4 Å². The highest BCUT2D eigenvalue weighted by Gasteiger charge is 2.43. The Balaban J connectivity index is 1.22. The molecule has 3 aliphatic heterocycles. The van der Waals surface area contributed by atoms with Gasteiger partial charge in [-0.05, 0) is 56.0 Å². The fourth-order valence-corrected chi connectivity index (χ4v) is 5.32. The number of benzene rings is 1. The van der Waals surface area contributed by atoms with Crippen molar-refractivity contribution >= 4 is 11.9 Å². The number of aromatic nitrogens is 3. The standard InChI is InChI=1S/C23H23N5O3/c29-23(30)28-16-2-3-17(28)11-14(10-16)25-22-7-6-18-19-5-4-15(27-9-1-8-24-27)12-21(19)31-13-20(18)26-22/h1,4-9,12,14,16-17H,2-3,10-11,13H2,(H,25,26)(H,29,30)/t14?,16-,17+. The van der Waals surface area contributed by atoms with E-state index in [2.05, 4.69) is 22.5 Å². The molecule has 1 unspecified atom stereocenters. The molecule has 0 saturated carbocycles. The van der Waals surface area contributed by atoms with Gasteiger partial charge in [0.2, 0.25) is 0 Å². The zero-order valence-corrected chi connectivity index (χ0v) is 16.9. The zero-order valence-electron chi connectivity index (χ0n) is 16.9. The van der Waals surface area contributed by atoms with E-state index < -0.39 is 6.09 Å². The third-order valence-electron chi connectivity index (χ3n) is 6.67. The van der Waals surface area contributed by atoms with Crippen LogP contribution in [0.5, 0.6) is 5.75 Å². The third-order valence-corrected chi connectivity index (χ3v) is 6.67. The number of fused-ring (bicyclic) bond motifs is 5. The van der Waals surface area contributed by atoms with Gasteiger partial charge >= 0.3 is 6.09 Å². The van der Waals surface area contributed by atoms with E-state index in [9.17, 15) is 9.90 Å². The van der Waals surface area contributed by atoms with Crippen molar-refractivity contribution in [2.75, 3.05) is 5.32 Å². The molecule has 5 heterocycles. The third kappa shape index (κ3) is 3.10. The van der Waals surface area contributed by atoms with Crippen LogP contribution in [0.3, 0.4) is 0 Å². The van der Waals surface area contributed by atoms with Gasteiger partial charge in [-0.25, -0.2) is 14.5 Å². The Bertz CT molecular complexity index is 1130. The van der Waals surface area contributed by atoms with E-state index in [1.54, 1.807) is 11.1 Å². The van der Waals surface area contributed by atoms with Crippen molar-refractivity contribution in [3.05, 3.63) is 54.5 Å². The Morgan fingerprint density at radius 3 is 2.68 bits per heavy atom. The van der Waals surface area contributed by atoms with Gasteiger partial charge in [0.05, 0.1) is 11.4 Å². The highest BCUT2D eigenvalue weighted by molar-refractivity contribution is 5.76. The highest BCUT2D eigenvalue weighted by atomic mass is 16.5. The first-order chi connectivity index (χ1) is 15.2. The number of ether oxygens (including phenoxy) is 1. The fourth-order valence-electron chi connectivity index (χ4n) is 5.32. The lowest BCUT2D eigenvalue weighted by Gasteiger charge is -2.37. The molecule has 1 amide bonds. The Morgan fingerprint density at radius 2 is 1.94 bits per heavy atom. The second-order valence-corrected chi connectivity index (χ2v) is 8.50. The van der Waals surface area contributed by atoms with Crippen LogP contribution < -0.4 is 10.1 Å². The second kappa shape index (κ2) is 7.01. The summed E-state index contributed by atoms with van der Waals surface area (Å²) in [5, 5.41) is 17.3. The molecule has 2 bridgehead atoms. The van der Waals surface area contributed by atoms with Gasteiger partial charge in [-0.15, -0.1) is 0 Å². The lowest BCUT2D eigenvalue weighted by Crippen LogP contribution is -2.49. The maximum absolute atomic E-state index is 11.5. The molecular weight excluding hydrogens is 394 g/mol. The number of anilines is 1. The van der Waals surface area contributed by atoms with Crippen LogP contribution >= 0.6 is 0 Å². The zero-order chi connectivity index (χ0) is 20.9. The summed E-state index contributed by atoms with van der Waals surface area (Å²) in [7, 11) is 0. The summed E-state index contributed by atoms with van der Waals surface area (Å²) in [6.45, 7) is 0.420. The molecule has 2 fully saturated rings. The summed E-state index contributed by atoms with van der Waals surface area (Å²) in [4.78, 5) is 18.0. The molecule has 0 spiro atoms. The summed E-state index contributed by atoms with van der Waals surface area (Å²) < 4.78 is 7.83. The van der Waals surface area contributed by atoms with E-state index in [1.165, 1.54) is 0 Å². The van der Waals surface area contributed by atoms with Gasteiger partial charge in [-0.2, -0.15) is 5.10 Å². The average Bonchev–Trinajstić information content (AvgIpc) is 3.40. The number of amides is 1. The van der Waals surface area contributed by atoms with Crippen LogP contribution in [0.2, 0.25) is 0 Å². The SMILES string of the molecule is O=C(O)N1[C@@H]2CC[C@H]1CC(Nc1ccc3c(n1)COc1cc(-n4cccn4)ccc1-3)C2. The largest absolute Gasteiger partial charge is 0.487 e. The molecule has 1 aromatic carbocycles. The first kappa shape index (κ1) is 18.2. The van der Waals surface area contributed by atoms with Gasteiger partial charge in [0.1, 0.15) is 18.2 Å². The number of carboxylic acid groups (broad SMARTS) is 1. The number of piperidine rings is 1. The lowest BCUT2D eigenvalue weighted by atomic mass is 9.97. The van der Waals surface area contributed by atoms with E-state index in [0.717, 1.165) is 59.8 Å². The van der Waals surface area contributed by atoms with Crippen molar-refractivity contribution in [3.8, 4) is 22.6 Å². The molecule has 0 aliphatic carbocycles. The van der Waals surface area contributed by atoms with Crippen LogP contribution in [0.25, 0.3) is 16.8 Å². The molecule has 158 valence electrons. The number of nitrogens with one attached hydrogen (secondary N) is 1. The van der Waals surface area contributed by atoms with E-state index in [0.29, 0.717) is 6.61 Å². The van der Waals surface area contributed by atoms with Crippen molar-refractivity contribution in [2.24, 2.45) is 0 Å². The Labute approximate surface area is 179 Å². The van der Waals surface area contributed by atoms with Gasteiger partial charge in [-0.3, -0.25) is 0 Å². The molecule has 3 aromatic rings. The topological polar surface area (TPSA) is 92.5 Å². The van der Waals surface area contributed by atoms with Gasteiger partial charge in [0, 0.05) is 47.7 Å². The number of hydrogen-bond acceptors (Lipinski definition) is 5. The molecule has 2 aromatic heterocycles. The maximum atomic E-state index is 11.5. The van der Waals surface area contributed by atoms with E-state index in [4.69, 9.17) is 9.72 Å². The van der Waals surface area contributed by atoms with E-state index in [1.807, 2.05) is 35.1 Å². The minimum atomic E-state index is -0.788. The molecule has 0 radical (unpaired) electrons. The lowest BCUT2D eigenvalue weighted by molar-refractivity contribution is 0.0993. The van der Waals surface area contributed by atoms with Gasteiger partial charge in [-0.1, -0.05) is 0 Å². The minimum absolute atomic E-state index is 0.116. The van der Waals surface area contributed by atoms with Crippen molar-refractivity contribution in [1.29, 1.82) is 0 Å². The molecule has 8 heteroatoms. The monoisotopic (exact) mass is 417 g/mol. The number of pyridine rings is 1. The first-order valence-corrected chi connectivity index (χ1v) is 10.7. The summed E-state index contributed by atoms with van der Waals surface area (Å²) in [6.07, 6.45) is 6.45. The van der Waals surface area contributed by atoms with Crippen LogP contribution in [-0.2, 0) is 6.61 Å². The number of carbonyl (C=O) groups is 1. The molecule has 2 N–H and O–H groups in total. The summed E-state index contributed by atoms with van der Waals surface area (Å²) in [6, 6.07) is 12.6. The van der Waals surface area contributed by atoms with Crippen molar-refractivity contribution in [3.63, 3.8) is 0 Å². The number of hydrogen-bond donors (Lipinski definition) is 2. The molecule has 6 rings (SSSR count). The predicted octanol–water partition coefficient (Wildman–Crippen LogP) is 3.91. The summed E-state index contributed by atoms with van der Waals surface area (Å²) in [5.74, 6) is 1.66. The Kier molecular flexibility index (Phi) is 4.12. The molecular formula is C23H23N5O3. The Morgan fingerprint density at radius 1 is 1.13 bits per heavy atom. The van der Waals surface area contributed by atoms with Crippen LogP contribution in [0, 0.1) is 0 Å². The van der Waals surface area contributed by atoms with Crippen molar-refractivity contribution in [2.45, 2.75) is 50.4 Å². The Hall–Kier alpha value is -3.55. The van der Waals surface area contributed by atoms with Crippen molar-refractivity contribution in [1.82, 2.24) is 19.7 Å². The fraction of sp³-hybridized carbons (Fsp3) is 0.348. The van der Waals surface area contributed by atoms with Gasteiger partial charge in [0.25, 0.3) is 0 Å². The average molecular weight is 417 g/mol. The number of rotatable bonds is 3. The normalized spacial score (nSPS) is 23.6. The van der Waals surface area contributed by atoms with Crippen LogP contribution in [0.4, 0.5) is 10.6 Å². The molecule has 31 heavy (non-hydrogen) atoms. The summed E-state index contributed by atoms with van der Waals surface area (Å²) >= 11 is 0. The maximum Gasteiger partial charge on any atom is 0.407 e. The first-order valence-electron chi connectivity index (χ1n) is 10.7.